The number of ether oxygens (including phenoxy) is 1. The SMILES string of the molecule is COc1ccc(-c2nc3cc(C(=O)O)ccn3n2)cc1. The van der Waals surface area contributed by atoms with Crippen LogP contribution in [0.1, 0.15) is 10.4 Å². The summed E-state index contributed by atoms with van der Waals surface area (Å²) < 4.78 is 6.64. The zero-order valence-electron chi connectivity index (χ0n) is 10.6. The molecule has 0 aliphatic rings. The van der Waals surface area contributed by atoms with Gasteiger partial charge in [0.05, 0.1) is 12.7 Å². The minimum Gasteiger partial charge on any atom is -0.497 e. The lowest BCUT2D eigenvalue weighted by Gasteiger charge is -1.99. The van der Waals surface area contributed by atoms with Gasteiger partial charge < -0.3 is 9.84 Å². The predicted molar refractivity (Wildman–Crippen MR) is 71.9 cm³/mol. The van der Waals surface area contributed by atoms with Crippen LogP contribution in [-0.4, -0.2) is 32.8 Å². The van der Waals surface area contributed by atoms with Gasteiger partial charge >= 0.3 is 5.97 Å². The molecule has 0 radical (unpaired) electrons. The maximum Gasteiger partial charge on any atom is 0.335 e. The third kappa shape index (κ3) is 2.07. The van der Waals surface area contributed by atoms with E-state index in [-0.39, 0.29) is 5.56 Å². The van der Waals surface area contributed by atoms with E-state index in [1.807, 2.05) is 24.3 Å². The Kier molecular flexibility index (Phi) is 2.83. The first kappa shape index (κ1) is 12.2. The summed E-state index contributed by atoms with van der Waals surface area (Å²) in [6.07, 6.45) is 1.58. The number of hydrogen-bond donors (Lipinski definition) is 1. The van der Waals surface area contributed by atoms with Gasteiger partial charge in [-0.2, -0.15) is 0 Å². The van der Waals surface area contributed by atoms with Crippen molar-refractivity contribution in [2.75, 3.05) is 7.11 Å². The quantitative estimate of drug-likeness (QED) is 0.788. The van der Waals surface area contributed by atoms with E-state index in [0.29, 0.717) is 11.5 Å². The predicted octanol–water partition coefficient (Wildman–Crippen LogP) is 2.10. The van der Waals surface area contributed by atoms with Crippen LogP contribution in [-0.2, 0) is 0 Å². The van der Waals surface area contributed by atoms with Crippen molar-refractivity contribution in [3.8, 4) is 17.1 Å². The van der Waals surface area contributed by atoms with E-state index in [2.05, 4.69) is 10.1 Å². The van der Waals surface area contributed by atoms with Crippen LogP contribution >= 0.6 is 0 Å². The molecule has 0 saturated carbocycles. The summed E-state index contributed by atoms with van der Waals surface area (Å²) in [7, 11) is 1.60. The number of benzene rings is 1. The molecular formula is C14H11N3O3. The maximum absolute atomic E-state index is 10.9. The highest BCUT2D eigenvalue weighted by atomic mass is 16.5. The number of carbonyl (C=O) groups is 1. The number of rotatable bonds is 3. The van der Waals surface area contributed by atoms with Crippen molar-refractivity contribution in [3.63, 3.8) is 0 Å². The van der Waals surface area contributed by atoms with Crippen LogP contribution in [0, 0.1) is 0 Å². The zero-order valence-corrected chi connectivity index (χ0v) is 10.6. The first-order valence-corrected chi connectivity index (χ1v) is 5.91. The molecule has 6 nitrogen and oxygen atoms in total. The van der Waals surface area contributed by atoms with E-state index in [1.165, 1.54) is 12.1 Å². The molecule has 0 aliphatic heterocycles. The van der Waals surface area contributed by atoms with Crippen molar-refractivity contribution in [1.82, 2.24) is 14.6 Å². The normalized spacial score (nSPS) is 10.7. The summed E-state index contributed by atoms with van der Waals surface area (Å²) in [5.74, 6) is 0.308. The molecular weight excluding hydrogens is 258 g/mol. The molecule has 0 bridgehead atoms. The van der Waals surface area contributed by atoms with E-state index in [9.17, 15) is 4.79 Å². The molecule has 0 saturated heterocycles. The molecule has 0 spiro atoms. The van der Waals surface area contributed by atoms with Crippen molar-refractivity contribution in [3.05, 3.63) is 48.2 Å². The number of carboxylic acids is 1. The summed E-state index contributed by atoms with van der Waals surface area (Å²) in [6.45, 7) is 0. The van der Waals surface area contributed by atoms with Crippen LogP contribution in [0.2, 0.25) is 0 Å². The first-order valence-electron chi connectivity index (χ1n) is 5.91. The Morgan fingerprint density at radius 1 is 1.25 bits per heavy atom. The second kappa shape index (κ2) is 4.65. The maximum atomic E-state index is 10.9. The number of methoxy groups -OCH3 is 1. The fourth-order valence-electron chi connectivity index (χ4n) is 1.88. The molecule has 2 aromatic heterocycles. The molecule has 3 aromatic rings. The van der Waals surface area contributed by atoms with Gasteiger partial charge in [-0.25, -0.2) is 14.3 Å². The average Bonchev–Trinajstić information content (AvgIpc) is 2.90. The van der Waals surface area contributed by atoms with Crippen LogP contribution in [0.5, 0.6) is 5.75 Å². The number of hydrogen-bond acceptors (Lipinski definition) is 4. The van der Waals surface area contributed by atoms with Crippen molar-refractivity contribution in [2.24, 2.45) is 0 Å². The largest absolute Gasteiger partial charge is 0.497 e. The molecule has 0 atom stereocenters. The van der Waals surface area contributed by atoms with Crippen LogP contribution < -0.4 is 4.74 Å². The lowest BCUT2D eigenvalue weighted by molar-refractivity contribution is 0.0697. The van der Waals surface area contributed by atoms with Crippen LogP contribution in [0.4, 0.5) is 0 Å². The van der Waals surface area contributed by atoms with Crippen molar-refractivity contribution in [2.45, 2.75) is 0 Å². The second-order valence-corrected chi connectivity index (χ2v) is 4.19. The summed E-state index contributed by atoms with van der Waals surface area (Å²) in [5.41, 5.74) is 1.52. The van der Waals surface area contributed by atoms with Crippen molar-refractivity contribution >= 4 is 11.6 Å². The number of aromatic nitrogens is 3. The minimum atomic E-state index is -0.985. The Morgan fingerprint density at radius 3 is 2.65 bits per heavy atom. The monoisotopic (exact) mass is 269 g/mol. The van der Waals surface area contributed by atoms with E-state index >= 15 is 0 Å². The lowest BCUT2D eigenvalue weighted by atomic mass is 10.2. The van der Waals surface area contributed by atoms with Crippen LogP contribution in [0.25, 0.3) is 17.0 Å². The summed E-state index contributed by atoms with van der Waals surface area (Å²) >= 11 is 0. The molecule has 0 amide bonds. The molecule has 0 aliphatic carbocycles. The van der Waals surface area contributed by atoms with Crippen molar-refractivity contribution in [1.29, 1.82) is 0 Å². The molecule has 2 heterocycles. The Bertz CT molecular complexity index is 778. The highest BCUT2D eigenvalue weighted by Gasteiger charge is 2.09. The molecule has 3 rings (SSSR count). The standard InChI is InChI=1S/C14H11N3O3/c1-20-11-4-2-9(3-5-11)13-15-12-8-10(14(18)19)6-7-17(12)16-13/h2-8H,1H3,(H,18,19). The smallest absolute Gasteiger partial charge is 0.335 e. The molecule has 1 N–H and O–H groups in total. The Hall–Kier alpha value is -2.89. The molecule has 1 aromatic carbocycles. The number of nitrogens with zero attached hydrogens (tertiary/aromatic N) is 3. The number of carboxylic acid groups (broad SMARTS) is 1. The number of fused-ring (bicyclic) bond motifs is 1. The average molecular weight is 269 g/mol. The van der Waals surface area contributed by atoms with E-state index in [4.69, 9.17) is 9.84 Å². The van der Waals surface area contributed by atoms with Gasteiger partial charge in [-0.05, 0) is 36.4 Å². The van der Waals surface area contributed by atoms with Crippen LogP contribution in [0.3, 0.4) is 0 Å². The van der Waals surface area contributed by atoms with Gasteiger partial charge in [0.1, 0.15) is 5.75 Å². The highest BCUT2D eigenvalue weighted by molar-refractivity contribution is 5.88. The summed E-state index contributed by atoms with van der Waals surface area (Å²) in [5, 5.41) is 13.3. The summed E-state index contributed by atoms with van der Waals surface area (Å²) in [4.78, 5) is 15.2. The summed E-state index contributed by atoms with van der Waals surface area (Å²) in [6, 6.07) is 10.3. The third-order valence-corrected chi connectivity index (χ3v) is 2.93. The Balaban J connectivity index is 2.05. The minimum absolute atomic E-state index is 0.186. The van der Waals surface area contributed by atoms with Gasteiger partial charge in [0, 0.05) is 11.8 Å². The van der Waals surface area contributed by atoms with Gasteiger partial charge in [-0.3, -0.25) is 0 Å². The Morgan fingerprint density at radius 2 is 2.00 bits per heavy atom. The van der Waals surface area contributed by atoms with Gasteiger partial charge in [0.25, 0.3) is 0 Å². The zero-order chi connectivity index (χ0) is 14.1. The van der Waals surface area contributed by atoms with Crippen molar-refractivity contribution < 1.29 is 14.6 Å². The van der Waals surface area contributed by atoms with Gasteiger partial charge in [-0.15, -0.1) is 5.10 Å². The number of pyridine rings is 1. The molecule has 0 fully saturated rings. The van der Waals surface area contributed by atoms with E-state index < -0.39 is 5.97 Å². The fourth-order valence-corrected chi connectivity index (χ4v) is 1.88. The second-order valence-electron chi connectivity index (χ2n) is 4.19. The van der Waals surface area contributed by atoms with Gasteiger partial charge in [0.15, 0.2) is 11.5 Å². The molecule has 100 valence electrons. The van der Waals surface area contributed by atoms with Gasteiger partial charge in [-0.1, -0.05) is 0 Å². The first-order chi connectivity index (χ1) is 9.67. The molecule has 6 heteroatoms. The van der Waals surface area contributed by atoms with Crippen LogP contribution in [0.15, 0.2) is 42.6 Å². The lowest BCUT2D eigenvalue weighted by Crippen LogP contribution is -1.97. The van der Waals surface area contributed by atoms with E-state index in [0.717, 1.165) is 11.3 Å². The molecule has 0 unspecified atom stereocenters. The molecule has 20 heavy (non-hydrogen) atoms. The third-order valence-electron chi connectivity index (χ3n) is 2.93. The fraction of sp³-hybridized carbons (Fsp3) is 0.0714. The number of aromatic carboxylic acids is 1. The van der Waals surface area contributed by atoms with Gasteiger partial charge in [0.2, 0.25) is 0 Å². The Labute approximate surface area is 114 Å². The highest BCUT2D eigenvalue weighted by Crippen LogP contribution is 2.20. The topological polar surface area (TPSA) is 76.7 Å². The van der Waals surface area contributed by atoms with E-state index in [1.54, 1.807) is 17.8 Å².